The maximum absolute atomic E-state index is 11.8. The molecule has 2 N–H and O–H groups in total. The van der Waals surface area contributed by atoms with E-state index in [1.54, 1.807) is 0 Å². The largest absolute Gasteiger partial charge is 0.471 e. The van der Waals surface area contributed by atoms with Crippen LogP contribution in [0.15, 0.2) is 0 Å². The van der Waals surface area contributed by atoms with Gasteiger partial charge < -0.3 is 10.6 Å². The summed E-state index contributed by atoms with van der Waals surface area (Å²) in [6, 6.07) is 0. The number of carbonyl (C=O) groups is 1. The van der Waals surface area contributed by atoms with Gasteiger partial charge in [-0.2, -0.15) is 13.2 Å². The molecule has 0 spiro atoms. The Hall–Kier alpha value is -0.780. The summed E-state index contributed by atoms with van der Waals surface area (Å²) in [5, 5.41) is 5.29. The summed E-state index contributed by atoms with van der Waals surface area (Å²) in [4.78, 5) is 10.5. The lowest BCUT2D eigenvalue weighted by atomic mass is 10.0. The van der Waals surface area contributed by atoms with Gasteiger partial charge >= 0.3 is 12.1 Å². The first-order valence-electron chi connectivity index (χ1n) is 6.79. The van der Waals surface area contributed by atoms with Crippen LogP contribution < -0.4 is 10.6 Å². The van der Waals surface area contributed by atoms with E-state index < -0.39 is 12.1 Å². The topological polar surface area (TPSA) is 41.1 Å². The monoisotopic (exact) mass is 282 g/mol. The van der Waals surface area contributed by atoms with Crippen LogP contribution in [0.1, 0.15) is 52.9 Å². The predicted octanol–water partition coefficient (Wildman–Crippen LogP) is 3.00. The summed E-state index contributed by atoms with van der Waals surface area (Å²) < 4.78 is 35.5. The van der Waals surface area contributed by atoms with Gasteiger partial charge in [0.2, 0.25) is 0 Å². The molecule has 0 atom stereocenters. The van der Waals surface area contributed by atoms with Crippen molar-refractivity contribution in [1.29, 1.82) is 0 Å². The van der Waals surface area contributed by atoms with Crippen molar-refractivity contribution >= 4 is 5.91 Å². The first-order valence-corrected chi connectivity index (χ1v) is 6.79. The summed E-state index contributed by atoms with van der Waals surface area (Å²) in [7, 11) is 0. The zero-order valence-corrected chi connectivity index (χ0v) is 12.0. The molecule has 3 nitrogen and oxygen atoms in total. The fourth-order valence-corrected chi connectivity index (χ4v) is 1.46. The highest BCUT2D eigenvalue weighted by Crippen LogP contribution is 2.14. The molecular formula is C13H25F3N2O. The van der Waals surface area contributed by atoms with Gasteiger partial charge in [-0.1, -0.05) is 19.8 Å². The molecule has 0 aromatic heterocycles. The first kappa shape index (κ1) is 18.2. The van der Waals surface area contributed by atoms with E-state index in [2.05, 4.69) is 26.1 Å². The van der Waals surface area contributed by atoms with E-state index in [4.69, 9.17) is 0 Å². The zero-order valence-electron chi connectivity index (χ0n) is 12.0. The van der Waals surface area contributed by atoms with E-state index in [9.17, 15) is 18.0 Å². The van der Waals surface area contributed by atoms with Gasteiger partial charge in [0.25, 0.3) is 0 Å². The molecule has 0 aliphatic heterocycles. The molecule has 19 heavy (non-hydrogen) atoms. The molecule has 0 unspecified atom stereocenters. The minimum atomic E-state index is -4.77. The highest BCUT2D eigenvalue weighted by molar-refractivity contribution is 5.81. The molecule has 0 aromatic carbocycles. The Labute approximate surface area is 113 Å². The Morgan fingerprint density at radius 2 is 1.53 bits per heavy atom. The van der Waals surface area contributed by atoms with Crippen molar-refractivity contribution in [3.05, 3.63) is 0 Å². The highest BCUT2D eigenvalue weighted by Gasteiger charge is 2.38. The molecule has 0 radical (unpaired) electrons. The number of unbranched alkanes of at least 4 members (excludes halogenated alkanes) is 3. The van der Waals surface area contributed by atoms with Crippen molar-refractivity contribution in [2.75, 3.05) is 13.1 Å². The van der Waals surface area contributed by atoms with Crippen molar-refractivity contribution in [3.63, 3.8) is 0 Å². The molecule has 0 heterocycles. The molecule has 0 saturated carbocycles. The van der Waals surface area contributed by atoms with Crippen LogP contribution in [0.2, 0.25) is 0 Å². The second-order valence-corrected chi connectivity index (χ2v) is 5.33. The van der Waals surface area contributed by atoms with Crippen LogP contribution in [0.3, 0.4) is 0 Å². The summed E-state index contributed by atoms with van der Waals surface area (Å²) in [6.45, 7) is 7.40. The predicted molar refractivity (Wildman–Crippen MR) is 69.9 cm³/mol. The lowest BCUT2D eigenvalue weighted by Crippen LogP contribution is -2.39. The summed E-state index contributed by atoms with van der Waals surface area (Å²) in [5.74, 6) is -1.85. The molecule has 0 fully saturated rings. The third kappa shape index (κ3) is 9.76. The average Bonchev–Trinajstić information content (AvgIpc) is 2.31. The van der Waals surface area contributed by atoms with Gasteiger partial charge in [-0.3, -0.25) is 4.79 Å². The Bertz CT molecular complexity index is 265. The van der Waals surface area contributed by atoms with Crippen LogP contribution in [0.5, 0.6) is 0 Å². The van der Waals surface area contributed by atoms with Gasteiger partial charge in [0.15, 0.2) is 0 Å². The molecule has 0 aliphatic carbocycles. The van der Waals surface area contributed by atoms with Crippen molar-refractivity contribution in [3.8, 4) is 0 Å². The van der Waals surface area contributed by atoms with Crippen LogP contribution in [0, 0.1) is 0 Å². The summed E-state index contributed by atoms with van der Waals surface area (Å²) in [6.07, 6.45) is -0.358. The average molecular weight is 282 g/mol. The first-order chi connectivity index (χ1) is 8.69. The van der Waals surface area contributed by atoms with Gasteiger partial charge in [0.05, 0.1) is 0 Å². The van der Waals surface area contributed by atoms with Crippen LogP contribution in [0.25, 0.3) is 0 Å². The van der Waals surface area contributed by atoms with Gasteiger partial charge in [-0.05, 0) is 39.7 Å². The second-order valence-electron chi connectivity index (χ2n) is 5.33. The molecule has 1 amide bonds. The zero-order chi connectivity index (χ0) is 14.9. The Morgan fingerprint density at radius 3 is 2.00 bits per heavy atom. The Balaban J connectivity index is 3.40. The van der Waals surface area contributed by atoms with Crippen molar-refractivity contribution < 1.29 is 18.0 Å². The minimum Gasteiger partial charge on any atom is -0.348 e. The van der Waals surface area contributed by atoms with Gasteiger partial charge in [0.1, 0.15) is 0 Å². The number of hydrogen-bond donors (Lipinski definition) is 2. The molecule has 0 saturated heterocycles. The number of hydrogen-bond acceptors (Lipinski definition) is 2. The number of amides is 1. The number of alkyl halides is 3. The Kier molecular flexibility index (Phi) is 8.06. The van der Waals surface area contributed by atoms with Crippen LogP contribution in [0.4, 0.5) is 13.2 Å². The molecule has 114 valence electrons. The van der Waals surface area contributed by atoms with E-state index in [0.717, 1.165) is 32.2 Å². The maximum Gasteiger partial charge on any atom is 0.471 e. The van der Waals surface area contributed by atoms with E-state index in [1.165, 1.54) is 0 Å². The third-order valence-corrected chi connectivity index (χ3v) is 3.13. The van der Waals surface area contributed by atoms with Gasteiger partial charge in [-0.15, -0.1) is 0 Å². The second kappa shape index (κ2) is 8.40. The number of halogens is 3. The van der Waals surface area contributed by atoms with Crippen molar-refractivity contribution in [2.45, 2.75) is 64.6 Å². The van der Waals surface area contributed by atoms with E-state index in [0.29, 0.717) is 6.42 Å². The van der Waals surface area contributed by atoms with Gasteiger partial charge in [0, 0.05) is 12.1 Å². The molecular weight excluding hydrogens is 257 g/mol. The van der Waals surface area contributed by atoms with E-state index in [1.807, 2.05) is 5.32 Å². The van der Waals surface area contributed by atoms with Crippen molar-refractivity contribution in [2.24, 2.45) is 0 Å². The molecule has 6 heteroatoms. The van der Waals surface area contributed by atoms with Gasteiger partial charge in [-0.25, -0.2) is 0 Å². The molecule has 0 aliphatic rings. The quantitative estimate of drug-likeness (QED) is 0.638. The lowest BCUT2D eigenvalue weighted by Gasteiger charge is -2.24. The van der Waals surface area contributed by atoms with Crippen LogP contribution >= 0.6 is 0 Å². The summed E-state index contributed by atoms with van der Waals surface area (Å²) in [5.41, 5.74) is 0.140. The summed E-state index contributed by atoms with van der Waals surface area (Å²) >= 11 is 0. The normalized spacial score (nSPS) is 12.5. The minimum absolute atomic E-state index is 0.0895. The number of carbonyl (C=O) groups excluding carboxylic acids is 1. The standard InChI is InChI=1S/C13H25F3N2O/c1-4-12(2,3)18-10-8-6-5-7-9-17-11(19)13(14,15)16/h18H,4-10H2,1-3H3,(H,17,19). The van der Waals surface area contributed by atoms with Crippen molar-refractivity contribution in [1.82, 2.24) is 10.6 Å². The maximum atomic E-state index is 11.8. The fourth-order valence-electron chi connectivity index (χ4n) is 1.46. The number of rotatable bonds is 9. The SMILES string of the molecule is CCC(C)(C)NCCCCCCNC(=O)C(F)(F)F. The fraction of sp³-hybridized carbons (Fsp3) is 0.923. The molecule has 0 rings (SSSR count). The lowest BCUT2D eigenvalue weighted by molar-refractivity contribution is -0.173. The van der Waals surface area contributed by atoms with Crippen LogP contribution in [-0.4, -0.2) is 30.7 Å². The van der Waals surface area contributed by atoms with E-state index >= 15 is 0 Å². The molecule has 0 aromatic rings. The Morgan fingerprint density at radius 1 is 1.00 bits per heavy atom. The number of nitrogens with one attached hydrogen (secondary N) is 2. The highest BCUT2D eigenvalue weighted by atomic mass is 19.4. The smallest absolute Gasteiger partial charge is 0.348 e. The van der Waals surface area contributed by atoms with E-state index in [-0.39, 0.29) is 12.1 Å². The molecule has 0 bridgehead atoms. The third-order valence-electron chi connectivity index (χ3n) is 3.13. The van der Waals surface area contributed by atoms with Crippen LogP contribution in [-0.2, 0) is 4.79 Å².